The van der Waals surface area contributed by atoms with Crippen molar-refractivity contribution in [2.75, 3.05) is 0 Å². The summed E-state index contributed by atoms with van der Waals surface area (Å²) in [5, 5.41) is 0. The molecule has 0 spiro atoms. The summed E-state index contributed by atoms with van der Waals surface area (Å²) in [6.07, 6.45) is 0. The van der Waals surface area contributed by atoms with Gasteiger partial charge in [-0.15, -0.1) is 0 Å². The highest BCUT2D eigenvalue weighted by molar-refractivity contribution is 5.79. The van der Waals surface area contributed by atoms with Gasteiger partial charge in [0, 0.05) is 0 Å². The lowest BCUT2D eigenvalue weighted by Crippen LogP contribution is -1.97. The van der Waals surface area contributed by atoms with Crippen LogP contribution in [0.3, 0.4) is 0 Å². The lowest BCUT2D eigenvalue weighted by Gasteiger charge is -2.18. The number of aryl methyl sites for hydroxylation is 1. The van der Waals surface area contributed by atoms with Crippen molar-refractivity contribution < 1.29 is 0 Å². The predicted molar refractivity (Wildman–Crippen MR) is 106 cm³/mol. The van der Waals surface area contributed by atoms with E-state index in [-0.39, 0.29) is 0 Å². The van der Waals surface area contributed by atoms with Crippen LogP contribution in [0.4, 0.5) is 0 Å². The normalized spacial score (nSPS) is 11.1. The third-order valence-electron chi connectivity index (χ3n) is 5.10. The molecule has 0 aromatic heterocycles. The van der Waals surface area contributed by atoms with Crippen molar-refractivity contribution in [2.24, 2.45) is 0 Å². The number of rotatable bonds is 3. The topological polar surface area (TPSA) is 0 Å². The Morgan fingerprint density at radius 2 is 1.04 bits per heavy atom. The smallest absolute Gasteiger partial charge is 0.0147 e. The van der Waals surface area contributed by atoms with Crippen LogP contribution < -0.4 is 0 Å². The average Bonchev–Trinajstić information content (AvgIpc) is 2.58. The molecule has 0 heterocycles. The van der Waals surface area contributed by atoms with E-state index in [1.54, 1.807) is 0 Å². The fraction of sp³-hybridized carbons (Fsp3) is 0.250. The van der Waals surface area contributed by atoms with E-state index >= 15 is 0 Å². The van der Waals surface area contributed by atoms with Crippen molar-refractivity contribution in [2.45, 2.75) is 40.5 Å². The van der Waals surface area contributed by atoms with Crippen molar-refractivity contribution in [3.05, 3.63) is 82.9 Å². The van der Waals surface area contributed by atoms with E-state index in [0.717, 1.165) is 0 Å². The standard InChI is InChI=1S/C24H26/c1-16(2)20-11-8-9-13-24(20)23-15-14-22(18(4)19(23)5)21-12-7-6-10-17(21)3/h6-16H,1-5H3. The molecule has 0 saturated heterocycles. The molecule has 24 heavy (non-hydrogen) atoms. The van der Waals surface area contributed by atoms with Gasteiger partial charge in [-0.3, -0.25) is 0 Å². The van der Waals surface area contributed by atoms with Crippen LogP contribution in [0.25, 0.3) is 22.3 Å². The Balaban J connectivity index is 2.18. The molecule has 0 unspecified atom stereocenters. The summed E-state index contributed by atoms with van der Waals surface area (Å²) in [7, 11) is 0. The second-order valence-electron chi connectivity index (χ2n) is 6.97. The first kappa shape index (κ1) is 16.5. The summed E-state index contributed by atoms with van der Waals surface area (Å²) in [6, 6.07) is 22.0. The Kier molecular flexibility index (Phi) is 4.57. The molecule has 122 valence electrons. The zero-order valence-electron chi connectivity index (χ0n) is 15.4. The van der Waals surface area contributed by atoms with Crippen LogP contribution in [-0.2, 0) is 0 Å². The van der Waals surface area contributed by atoms with Crippen molar-refractivity contribution in [3.8, 4) is 22.3 Å². The van der Waals surface area contributed by atoms with Crippen LogP contribution in [0.2, 0.25) is 0 Å². The lowest BCUT2D eigenvalue weighted by atomic mass is 9.86. The van der Waals surface area contributed by atoms with E-state index in [1.165, 1.54) is 44.5 Å². The van der Waals surface area contributed by atoms with Gasteiger partial charge < -0.3 is 0 Å². The van der Waals surface area contributed by atoms with E-state index in [4.69, 9.17) is 0 Å². The molecule has 0 radical (unpaired) electrons. The summed E-state index contributed by atoms with van der Waals surface area (Å²) in [5.74, 6) is 0.525. The van der Waals surface area contributed by atoms with Gasteiger partial charge in [0.1, 0.15) is 0 Å². The van der Waals surface area contributed by atoms with E-state index in [0.29, 0.717) is 5.92 Å². The first-order chi connectivity index (χ1) is 11.5. The van der Waals surface area contributed by atoms with Gasteiger partial charge in [0.15, 0.2) is 0 Å². The van der Waals surface area contributed by atoms with Gasteiger partial charge in [-0.1, -0.05) is 74.5 Å². The monoisotopic (exact) mass is 314 g/mol. The van der Waals surface area contributed by atoms with Crippen LogP contribution in [-0.4, -0.2) is 0 Å². The fourth-order valence-electron chi connectivity index (χ4n) is 3.53. The minimum Gasteiger partial charge on any atom is -0.0620 e. The maximum absolute atomic E-state index is 2.30. The Morgan fingerprint density at radius 3 is 1.62 bits per heavy atom. The minimum absolute atomic E-state index is 0.525. The molecule has 0 aliphatic carbocycles. The van der Waals surface area contributed by atoms with Crippen LogP contribution in [0.1, 0.15) is 42.0 Å². The summed E-state index contributed by atoms with van der Waals surface area (Å²) in [4.78, 5) is 0. The fourth-order valence-corrected chi connectivity index (χ4v) is 3.53. The first-order valence-corrected chi connectivity index (χ1v) is 8.76. The number of hydrogen-bond donors (Lipinski definition) is 0. The van der Waals surface area contributed by atoms with Gasteiger partial charge in [-0.05, 0) is 71.2 Å². The largest absolute Gasteiger partial charge is 0.0620 e. The van der Waals surface area contributed by atoms with Crippen molar-refractivity contribution in [1.29, 1.82) is 0 Å². The van der Waals surface area contributed by atoms with E-state index in [2.05, 4.69) is 95.3 Å². The van der Waals surface area contributed by atoms with Crippen LogP contribution in [0, 0.1) is 20.8 Å². The van der Waals surface area contributed by atoms with E-state index < -0.39 is 0 Å². The third-order valence-corrected chi connectivity index (χ3v) is 5.10. The molecule has 0 aliphatic heterocycles. The molecule has 0 N–H and O–H groups in total. The zero-order chi connectivity index (χ0) is 17.3. The molecule has 0 nitrogen and oxygen atoms in total. The second kappa shape index (κ2) is 6.65. The minimum atomic E-state index is 0.525. The van der Waals surface area contributed by atoms with Crippen LogP contribution in [0.15, 0.2) is 60.7 Å². The highest BCUT2D eigenvalue weighted by Crippen LogP contribution is 2.36. The molecule has 3 rings (SSSR count). The Labute approximate surface area is 146 Å². The second-order valence-corrected chi connectivity index (χ2v) is 6.97. The van der Waals surface area contributed by atoms with Crippen molar-refractivity contribution >= 4 is 0 Å². The number of hydrogen-bond acceptors (Lipinski definition) is 0. The molecule has 3 aromatic carbocycles. The Bertz CT molecular complexity index is 869. The SMILES string of the molecule is Cc1ccccc1-c1ccc(-c2ccccc2C(C)C)c(C)c1C. The van der Waals surface area contributed by atoms with Gasteiger partial charge >= 0.3 is 0 Å². The maximum Gasteiger partial charge on any atom is -0.0147 e. The van der Waals surface area contributed by atoms with E-state index in [9.17, 15) is 0 Å². The summed E-state index contributed by atoms with van der Waals surface area (Å²) in [6.45, 7) is 11.2. The van der Waals surface area contributed by atoms with Gasteiger partial charge in [0.25, 0.3) is 0 Å². The predicted octanol–water partition coefficient (Wildman–Crippen LogP) is 7.07. The van der Waals surface area contributed by atoms with Crippen LogP contribution >= 0.6 is 0 Å². The number of benzene rings is 3. The highest BCUT2D eigenvalue weighted by Gasteiger charge is 2.14. The molecule has 0 heteroatoms. The molecule has 0 saturated carbocycles. The lowest BCUT2D eigenvalue weighted by molar-refractivity contribution is 0.869. The molecule has 3 aromatic rings. The summed E-state index contributed by atoms with van der Waals surface area (Å²) in [5.41, 5.74) is 10.9. The molecule has 0 aliphatic rings. The Hall–Kier alpha value is -2.34. The Morgan fingerprint density at radius 1 is 0.542 bits per heavy atom. The third kappa shape index (κ3) is 2.89. The zero-order valence-corrected chi connectivity index (χ0v) is 15.4. The highest BCUT2D eigenvalue weighted by atomic mass is 14.2. The van der Waals surface area contributed by atoms with Gasteiger partial charge in [0.2, 0.25) is 0 Å². The first-order valence-electron chi connectivity index (χ1n) is 8.76. The molecule has 0 atom stereocenters. The van der Waals surface area contributed by atoms with E-state index in [1.807, 2.05) is 0 Å². The summed E-state index contributed by atoms with van der Waals surface area (Å²) < 4.78 is 0. The maximum atomic E-state index is 2.30. The van der Waals surface area contributed by atoms with Gasteiger partial charge in [-0.25, -0.2) is 0 Å². The molecular formula is C24H26. The summed E-state index contributed by atoms with van der Waals surface area (Å²) >= 11 is 0. The molecule has 0 amide bonds. The van der Waals surface area contributed by atoms with Gasteiger partial charge in [0.05, 0.1) is 0 Å². The van der Waals surface area contributed by atoms with Crippen molar-refractivity contribution in [3.63, 3.8) is 0 Å². The van der Waals surface area contributed by atoms with Gasteiger partial charge in [-0.2, -0.15) is 0 Å². The molecular weight excluding hydrogens is 288 g/mol. The molecule has 0 fully saturated rings. The quantitative estimate of drug-likeness (QED) is 0.485. The van der Waals surface area contributed by atoms with Crippen molar-refractivity contribution in [1.82, 2.24) is 0 Å². The average molecular weight is 314 g/mol. The molecule has 0 bridgehead atoms. The van der Waals surface area contributed by atoms with Crippen LogP contribution in [0.5, 0.6) is 0 Å².